The van der Waals surface area contributed by atoms with Crippen LogP contribution in [0.3, 0.4) is 0 Å². The fourth-order valence-electron chi connectivity index (χ4n) is 3.74. The molecule has 148 valence electrons. The van der Waals surface area contributed by atoms with Crippen LogP contribution in [0.4, 0.5) is 0 Å². The van der Waals surface area contributed by atoms with Crippen LogP contribution in [0.25, 0.3) is 5.69 Å². The molecule has 0 radical (unpaired) electrons. The minimum Gasteiger partial charge on any atom is -0.378 e. The SMILES string of the molecule is O=C(NNC(=O)C1COCCN1)c1nn(-c2ccccc2)c2c1CCCCC2. The van der Waals surface area contributed by atoms with Gasteiger partial charge in [0.25, 0.3) is 11.8 Å². The van der Waals surface area contributed by atoms with Crippen molar-refractivity contribution in [2.45, 2.75) is 38.1 Å². The zero-order valence-corrected chi connectivity index (χ0v) is 15.7. The van der Waals surface area contributed by atoms with E-state index in [-0.39, 0.29) is 5.91 Å². The van der Waals surface area contributed by atoms with Crippen LogP contribution in [-0.2, 0) is 22.4 Å². The molecule has 0 saturated carbocycles. The van der Waals surface area contributed by atoms with Crippen molar-refractivity contribution >= 4 is 11.8 Å². The fraction of sp³-hybridized carbons (Fsp3) is 0.450. The van der Waals surface area contributed by atoms with E-state index in [1.165, 1.54) is 0 Å². The van der Waals surface area contributed by atoms with E-state index in [0.717, 1.165) is 49.0 Å². The zero-order chi connectivity index (χ0) is 19.3. The highest BCUT2D eigenvalue weighted by atomic mass is 16.5. The van der Waals surface area contributed by atoms with E-state index in [9.17, 15) is 9.59 Å². The smallest absolute Gasteiger partial charge is 0.290 e. The standard InChI is InChI=1S/C20H25N5O3/c26-19(16-13-28-12-11-21-16)22-23-20(27)18-15-9-5-2-6-10-17(15)25(24-18)14-7-3-1-4-8-14/h1,3-4,7-8,16,21H,2,5-6,9-13H2,(H,22,26)(H,23,27). The molecule has 8 heteroatoms. The number of hydrogen-bond acceptors (Lipinski definition) is 5. The maximum Gasteiger partial charge on any atom is 0.290 e. The van der Waals surface area contributed by atoms with Crippen LogP contribution in [-0.4, -0.2) is 47.4 Å². The van der Waals surface area contributed by atoms with E-state index >= 15 is 0 Å². The van der Waals surface area contributed by atoms with Crippen LogP contribution >= 0.6 is 0 Å². The number of nitrogens with one attached hydrogen (secondary N) is 3. The molecular weight excluding hydrogens is 358 g/mol. The average Bonchev–Trinajstić information content (AvgIpc) is 2.94. The largest absolute Gasteiger partial charge is 0.378 e. The Labute approximate surface area is 163 Å². The first-order valence-electron chi connectivity index (χ1n) is 9.81. The van der Waals surface area contributed by atoms with Crippen LogP contribution in [0.15, 0.2) is 30.3 Å². The fourth-order valence-corrected chi connectivity index (χ4v) is 3.74. The predicted octanol–water partition coefficient (Wildman–Crippen LogP) is 0.891. The minimum atomic E-state index is -0.465. The van der Waals surface area contributed by atoms with Gasteiger partial charge in [0.2, 0.25) is 0 Å². The number of hydrazine groups is 1. The monoisotopic (exact) mass is 383 g/mol. The number of hydrogen-bond donors (Lipinski definition) is 3. The van der Waals surface area contributed by atoms with Crippen molar-refractivity contribution in [3.63, 3.8) is 0 Å². The van der Waals surface area contributed by atoms with Gasteiger partial charge in [-0.2, -0.15) is 5.10 Å². The summed E-state index contributed by atoms with van der Waals surface area (Å²) in [6.45, 7) is 1.49. The summed E-state index contributed by atoms with van der Waals surface area (Å²) in [4.78, 5) is 25.0. The zero-order valence-electron chi connectivity index (χ0n) is 15.7. The Balaban J connectivity index is 1.54. The number of carbonyl (C=O) groups is 2. The van der Waals surface area contributed by atoms with E-state index in [2.05, 4.69) is 21.3 Å². The van der Waals surface area contributed by atoms with E-state index in [0.29, 0.717) is 25.5 Å². The lowest BCUT2D eigenvalue weighted by molar-refractivity contribution is -0.126. The summed E-state index contributed by atoms with van der Waals surface area (Å²) in [5.74, 6) is -0.709. The third-order valence-electron chi connectivity index (χ3n) is 5.18. The van der Waals surface area contributed by atoms with E-state index < -0.39 is 11.9 Å². The Kier molecular flexibility index (Phi) is 5.68. The van der Waals surface area contributed by atoms with Crippen molar-refractivity contribution in [3.8, 4) is 5.69 Å². The molecule has 3 N–H and O–H groups in total. The molecule has 4 rings (SSSR count). The highest BCUT2D eigenvalue weighted by Crippen LogP contribution is 2.26. The molecule has 2 amide bonds. The van der Waals surface area contributed by atoms with Crippen LogP contribution in [0, 0.1) is 0 Å². The van der Waals surface area contributed by atoms with Crippen LogP contribution < -0.4 is 16.2 Å². The van der Waals surface area contributed by atoms with Crippen LogP contribution in [0.1, 0.15) is 41.0 Å². The summed E-state index contributed by atoms with van der Waals surface area (Å²) in [7, 11) is 0. The Bertz CT molecular complexity index is 843. The maximum atomic E-state index is 12.8. The van der Waals surface area contributed by atoms with Crippen LogP contribution in [0.5, 0.6) is 0 Å². The Morgan fingerprint density at radius 2 is 1.93 bits per heavy atom. The molecule has 0 spiro atoms. The summed E-state index contributed by atoms with van der Waals surface area (Å²) < 4.78 is 7.15. The van der Waals surface area contributed by atoms with Gasteiger partial charge in [-0.1, -0.05) is 24.6 Å². The topological polar surface area (TPSA) is 97.3 Å². The summed E-state index contributed by atoms with van der Waals surface area (Å²) in [6, 6.07) is 9.37. The second-order valence-corrected chi connectivity index (χ2v) is 7.11. The lowest BCUT2D eigenvalue weighted by Crippen LogP contribution is -2.55. The number of morpholine rings is 1. The summed E-state index contributed by atoms with van der Waals surface area (Å²) in [6.07, 6.45) is 4.95. The van der Waals surface area contributed by atoms with Crippen molar-refractivity contribution in [1.29, 1.82) is 0 Å². The molecule has 0 bridgehead atoms. The number of benzene rings is 1. The highest BCUT2D eigenvalue weighted by molar-refractivity contribution is 5.95. The molecule has 1 aliphatic carbocycles. The predicted molar refractivity (Wildman–Crippen MR) is 103 cm³/mol. The molecular formula is C20H25N5O3. The van der Waals surface area contributed by atoms with Crippen molar-refractivity contribution in [2.24, 2.45) is 0 Å². The second-order valence-electron chi connectivity index (χ2n) is 7.11. The van der Waals surface area contributed by atoms with Crippen molar-refractivity contribution in [1.82, 2.24) is 25.9 Å². The first kappa shape index (κ1) is 18.6. The molecule has 2 heterocycles. The van der Waals surface area contributed by atoms with Gasteiger partial charge in [-0.15, -0.1) is 0 Å². The van der Waals surface area contributed by atoms with Gasteiger partial charge in [0.05, 0.1) is 18.9 Å². The average molecular weight is 383 g/mol. The molecule has 1 aliphatic heterocycles. The van der Waals surface area contributed by atoms with E-state index in [4.69, 9.17) is 4.74 Å². The Morgan fingerprint density at radius 3 is 2.71 bits per heavy atom. The van der Waals surface area contributed by atoms with Gasteiger partial charge in [0, 0.05) is 17.8 Å². The third kappa shape index (κ3) is 3.93. The van der Waals surface area contributed by atoms with Gasteiger partial charge in [-0.3, -0.25) is 20.4 Å². The van der Waals surface area contributed by atoms with Gasteiger partial charge >= 0.3 is 0 Å². The van der Waals surface area contributed by atoms with Crippen molar-refractivity contribution < 1.29 is 14.3 Å². The first-order valence-corrected chi connectivity index (χ1v) is 9.81. The number of aromatic nitrogens is 2. The molecule has 1 aromatic carbocycles. The first-order chi connectivity index (χ1) is 13.7. The normalized spacial score (nSPS) is 19.4. The molecule has 1 unspecified atom stereocenters. The van der Waals surface area contributed by atoms with Gasteiger partial charge in [-0.05, 0) is 37.8 Å². The van der Waals surface area contributed by atoms with Gasteiger partial charge in [-0.25, -0.2) is 4.68 Å². The summed E-state index contributed by atoms with van der Waals surface area (Å²) in [5, 5.41) is 7.67. The second kappa shape index (κ2) is 8.53. The molecule has 2 aromatic rings. The molecule has 8 nitrogen and oxygen atoms in total. The van der Waals surface area contributed by atoms with Crippen molar-refractivity contribution in [3.05, 3.63) is 47.3 Å². The lowest BCUT2D eigenvalue weighted by Gasteiger charge is -2.22. The third-order valence-corrected chi connectivity index (χ3v) is 5.18. The van der Waals surface area contributed by atoms with Gasteiger partial charge in [0.15, 0.2) is 5.69 Å². The minimum absolute atomic E-state index is 0.291. The molecule has 1 fully saturated rings. The quantitative estimate of drug-likeness (QED) is 0.540. The number of carbonyl (C=O) groups excluding carboxylic acids is 2. The van der Waals surface area contributed by atoms with E-state index in [1.54, 1.807) is 0 Å². The molecule has 1 aromatic heterocycles. The highest BCUT2D eigenvalue weighted by Gasteiger charge is 2.26. The number of para-hydroxylation sites is 1. The molecule has 2 aliphatic rings. The van der Waals surface area contributed by atoms with Crippen LogP contribution in [0.2, 0.25) is 0 Å². The molecule has 1 atom stereocenters. The molecule has 28 heavy (non-hydrogen) atoms. The number of nitrogens with zero attached hydrogens (tertiary/aromatic N) is 2. The number of amides is 2. The summed E-state index contributed by atoms with van der Waals surface area (Å²) >= 11 is 0. The number of ether oxygens (including phenoxy) is 1. The number of fused-ring (bicyclic) bond motifs is 1. The van der Waals surface area contributed by atoms with Crippen molar-refractivity contribution in [2.75, 3.05) is 19.8 Å². The Morgan fingerprint density at radius 1 is 1.11 bits per heavy atom. The van der Waals surface area contributed by atoms with Gasteiger partial charge < -0.3 is 10.1 Å². The summed E-state index contributed by atoms with van der Waals surface area (Å²) in [5.41, 5.74) is 8.40. The Hall–Kier alpha value is -2.71. The number of rotatable bonds is 3. The van der Waals surface area contributed by atoms with E-state index in [1.807, 2.05) is 35.0 Å². The van der Waals surface area contributed by atoms with Gasteiger partial charge in [0.1, 0.15) is 6.04 Å². The maximum absolute atomic E-state index is 12.8. The molecule has 1 saturated heterocycles. The lowest BCUT2D eigenvalue weighted by atomic mass is 10.1.